The summed E-state index contributed by atoms with van der Waals surface area (Å²) in [6, 6.07) is 0. The maximum atomic E-state index is 7.82. The third kappa shape index (κ3) is 1.97. The van der Waals surface area contributed by atoms with E-state index in [4.69, 9.17) is 21.1 Å². The van der Waals surface area contributed by atoms with Crippen molar-refractivity contribution in [2.75, 3.05) is 19.0 Å². The van der Waals surface area contributed by atoms with Crippen LogP contribution >= 0.6 is 0 Å². The van der Waals surface area contributed by atoms with Crippen molar-refractivity contribution in [1.29, 1.82) is 10.8 Å². The fourth-order valence-corrected chi connectivity index (χ4v) is 1.15. The quantitative estimate of drug-likeness (QED) is 0.475. The van der Waals surface area contributed by atoms with Gasteiger partial charge in [0.1, 0.15) is 0 Å². The molecule has 1 aromatic heterocycles. The van der Waals surface area contributed by atoms with Gasteiger partial charge in [-0.25, -0.2) is 0 Å². The van der Waals surface area contributed by atoms with Crippen molar-refractivity contribution in [3.8, 4) is 0 Å². The highest BCUT2D eigenvalue weighted by Gasteiger charge is 2.20. The van der Waals surface area contributed by atoms with Gasteiger partial charge in [0, 0.05) is 19.7 Å². The van der Waals surface area contributed by atoms with Crippen molar-refractivity contribution in [2.45, 2.75) is 13.8 Å². The third-order valence-electron chi connectivity index (χ3n) is 2.43. The zero-order chi connectivity index (χ0) is 12.5. The zero-order valence-corrected chi connectivity index (χ0v) is 9.83. The molecule has 1 heterocycles. The van der Waals surface area contributed by atoms with E-state index in [2.05, 4.69) is 5.16 Å². The predicted molar refractivity (Wildman–Crippen MR) is 61.8 cm³/mol. The van der Waals surface area contributed by atoms with E-state index >= 15 is 0 Å². The van der Waals surface area contributed by atoms with Crippen LogP contribution in [0, 0.1) is 24.7 Å². The van der Waals surface area contributed by atoms with Crippen LogP contribution in [-0.2, 0) is 0 Å². The van der Waals surface area contributed by atoms with E-state index in [1.807, 2.05) is 13.8 Å². The van der Waals surface area contributed by atoms with E-state index in [1.165, 1.54) is 9.80 Å². The van der Waals surface area contributed by atoms with Crippen molar-refractivity contribution < 1.29 is 4.52 Å². The van der Waals surface area contributed by atoms with Crippen molar-refractivity contribution in [3.63, 3.8) is 0 Å². The maximum Gasteiger partial charge on any atom is 0.236 e. The number of hydrogen-bond donors (Lipinski definition) is 3. The summed E-state index contributed by atoms with van der Waals surface area (Å²) in [7, 11) is 3.20. The standard InChI is InChI=1S/C9H16N6O/c1-5-6(2)13-16-7(5)14(3)9(12)15(4)8(10)11/h12H,1-4H3,(H3,10,11). The molecule has 0 unspecified atom stereocenters. The Labute approximate surface area is 93.8 Å². The van der Waals surface area contributed by atoms with E-state index in [0.29, 0.717) is 5.88 Å². The lowest BCUT2D eigenvalue weighted by molar-refractivity contribution is 0.420. The highest BCUT2D eigenvalue weighted by molar-refractivity contribution is 6.02. The van der Waals surface area contributed by atoms with Crippen LogP contribution in [0.4, 0.5) is 5.88 Å². The highest BCUT2D eigenvalue weighted by Crippen LogP contribution is 2.21. The van der Waals surface area contributed by atoms with Gasteiger partial charge in [-0.2, -0.15) is 0 Å². The summed E-state index contributed by atoms with van der Waals surface area (Å²) in [5.74, 6) is 0.327. The molecular formula is C9H16N6O. The molecule has 0 atom stereocenters. The lowest BCUT2D eigenvalue weighted by atomic mass is 10.3. The van der Waals surface area contributed by atoms with E-state index in [9.17, 15) is 0 Å². The Morgan fingerprint density at radius 2 is 1.88 bits per heavy atom. The number of nitrogens with two attached hydrogens (primary N) is 1. The van der Waals surface area contributed by atoms with Gasteiger partial charge in [-0.3, -0.25) is 20.6 Å². The molecule has 4 N–H and O–H groups in total. The number of aryl methyl sites for hydroxylation is 1. The molecule has 0 aromatic carbocycles. The van der Waals surface area contributed by atoms with Gasteiger partial charge in [0.2, 0.25) is 11.8 Å². The first kappa shape index (κ1) is 12.0. The predicted octanol–water partition coefficient (Wildman–Crippen LogP) is 0.488. The summed E-state index contributed by atoms with van der Waals surface area (Å²) in [5, 5.41) is 18.9. The van der Waals surface area contributed by atoms with Gasteiger partial charge in [-0.1, -0.05) is 5.16 Å². The Morgan fingerprint density at radius 3 is 2.25 bits per heavy atom. The van der Waals surface area contributed by atoms with Crippen LogP contribution < -0.4 is 10.6 Å². The number of hydrogen-bond acceptors (Lipinski definition) is 4. The molecule has 0 aliphatic rings. The molecule has 0 aliphatic carbocycles. The zero-order valence-electron chi connectivity index (χ0n) is 9.83. The van der Waals surface area contributed by atoms with E-state index in [1.54, 1.807) is 14.1 Å². The molecule has 0 saturated carbocycles. The van der Waals surface area contributed by atoms with Crippen LogP contribution in [0.15, 0.2) is 4.52 Å². The van der Waals surface area contributed by atoms with E-state index in [0.717, 1.165) is 11.3 Å². The maximum absolute atomic E-state index is 7.82. The molecule has 88 valence electrons. The number of aromatic nitrogens is 1. The second kappa shape index (κ2) is 4.21. The van der Waals surface area contributed by atoms with Gasteiger partial charge in [0.25, 0.3) is 0 Å². The number of nitrogens with one attached hydrogen (secondary N) is 2. The van der Waals surface area contributed by atoms with Crippen LogP contribution in [0.1, 0.15) is 11.3 Å². The van der Waals surface area contributed by atoms with Gasteiger partial charge in [0.15, 0.2) is 5.96 Å². The first-order valence-electron chi connectivity index (χ1n) is 4.69. The van der Waals surface area contributed by atoms with Crippen molar-refractivity contribution in [2.24, 2.45) is 5.73 Å². The van der Waals surface area contributed by atoms with Gasteiger partial charge in [-0.15, -0.1) is 0 Å². The summed E-state index contributed by atoms with van der Waals surface area (Å²) in [4.78, 5) is 2.72. The normalized spacial score (nSPS) is 10.0. The fourth-order valence-electron chi connectivity index (χ4n) is 1.15. The minimum Gasteiger partial charge on any atom is -0.370 e. The Balaban J connectivity index is 2.94. The smallest absolute Gasteiger partial charge is 0.236 e. The Bertz CT molecular complexity index is 424. The summed E-state index contributed by atoms with van der Waals surface area (Å²) in [5.41, 5.74) is 6.93. The molecule has 1 rings (SSSR count). The lowest BCUT2D eigenvalue weighted by Crippen LogP contribution is -2.45. The molecule has 1 aromatic rings. The molecule has 0 fully saturated rings. The highest BCUT2D eigenvalue weighted by atomic mass is 16.5. The molecule has 0 bridgehead atoms. The molecule has 16 heavy (non-hydrogen) atoms. The molecule has 7 nitrogen and oxygen atoms in total. The second-order valence-corrected chi connectivity index (χ2v) is 3.53. The van der Waals surface area contributed by atoms with Gasteiger partial charge in [0.05, 0.1) is 5.69 Å². The molecule has 0 radical (unpaired) electrons. The van der Waals surface area contributed by atoms with Crippen molar-refractivity contribution in [1.82, 2.24) is 10.1 Å². The lowest BCUT2D eigenvalue weighted by Gasteiger charge is -2.24. The van der Waals surface area contributed by atoms with Crippen LogP contribution in [-0.4, -0.2) is 36.1 Å². The Kier molecular flexibility index (Phi) is 3.17. The fraction of sp³-hybridized carbons (Fsp3) is 0.444. The van der Waals surface area contributed by atoms with Crippen molar-refractivity contribution in [3.05, 3.63) is 11.3 Å². The number of rotatable bonds is 1. The van der Waals surface area contributed by atoms with Crippen LogP contribution in [0.25, 0.3) is 0 Å². The molecule has 0 spiro atoms. The second-order valence-electron chi connectivity index (χ2n) is 3.53. The molecule has 0 amide bonds. The van der Waals surface area contributed by atoms with E-state index < -0.39 is 0 Å². The molecule has 0 saturated heterocycles. The van der Waals surface area contributed by atoms with Crippen molar-refractivity contribution >= 4 is 17.8 Å². The van der Waals surface area contributed by atoms with Gasteiger partial charge >= 0.3 is 0 Å². The summed E-state index contributed by atoms with van der Waals surface area (Å²) in [6.07, 6.45) is 0. The number of anilines is 1. The number of nitrogens with zero attached hydrogens (tertiary/aromatic N) is 3. The van der Waals surface area contributed by atoms with Crippen LogP contribution in [0.3, 0.4) is 0 Å². The minimum absolute atomic E-state index is 0.0479. The summed E-state index contributed by atoms with van der Waals surface area (Å²) in [6.45, 7) is 3.69. The van der Waals surface area contributed by atoms with E-state index in [-0.39, 0.29) is 11.9 Å². The molecular weight excluding hydrogens is 208 g/mol. The average Bonchev–Trinajstić information content (AvgIpc) is 2.56. The van der Waals surface area contributed by atoms with Crippen LogP contribution in [0.2, 0.25) is 0 Å². The Morgan fingerprint density at radius 1 is 1.31 bits per heavy atom. The monoisotopic (exact) mass is 224 g/mol. The van der Waals surface area contributed by atoms with Crippen LogP contribution in [0.5, 0.6) is 0 Å². The number of guanidine groups is 2. The van der Waals surface area contributed by atoms with Gasteiger partial charge < -0.3 is 10.3 Å². The molecule has 7 heteroatoms. The first-order chi connectivity index (χ1) is 7.36. The summed E-state index contributed by atoms with van der Waals surface area (Å²) < 4.78 is 5.11. The van der Waals surface area contributed by atoms with Gasteiger partial charge in [-0.05, 0) is 13.8 Å². The average molecular weight is 224 g/mol. The molecule has 0 aliphatic heterocycles. The minimum atomic E-state index is -0.203. The third-order valence-corrected chi connectivity index (χ3v) is 2.43. The Hall–Kier alpha value is -2.05. The topological polar surface area (TPSA) is 106 Å². The summed E-state index contributed by atoms with van der Waals surface area (Å²) >= 11 is 0. The first-order valence-corrected chi connectivity index (χ1v) is 4.69. The SMILES string of the molecule is Cc1noc(N(C)C(=N)N(C)C(=N)N)c1C. The largest absolute Gasteiger partial charge is 0.370 e.